The zero-order valence-corrected chi connectivity index (χ0v) is 18.3. The first kappa shape index (κ1) is 23.0. The molecule has 1 fully saturated rings. The summed E-state index contributed by atoms with van der Waals surface area (Å²) < 4.78 is 45.6. The highest BCUT2D eigenvalue weighted by atomic mass is 35.5. The molecule has 0 saturated carbocycles. The van der Waals surface area contributed by atoms with Crippen molar-refractivity contribution in [1.82, 2.24) is 30.1 Å². The Morgan fingerprint density at radius 3 is 2.52 bits per heavy atom. The predicted octanol–water partition coefficient (Wildman–Crippen LogP) is 3.96. The van der Waals surface area contributed by atoms with Crippen molar-refractivity contribution in [2.75, 3.05) is 13.1 Å². The number of hydrogen-bond acceptors (Lipinski definition) is 6. The Bertz CT molecular complexity index is 1340. The molecule has 1 aliphatic rings. The molecular formula is C21H20ClF3N6O2. The van der Waals surface area contributed by atoms with Crippen LogP contribution in [0.3, 0.4) is 0 Å². The van der Waals surface area contributed by atoms with Crippen molar-refractivity contribution in [3.63, 3.8) is 0 Å². The summed E-state index contributed by atoms with van der Waals surface area (Å²) in [5.41, 5.74) is 1.72. The van der Waals surface area contributed by atoms with E-state index in [1.807, 2.05) is 0 Å². The van der Waals surface area contributed by atoms with Crippen LogP contribution >= 0.6 is 12.4 Å². The van der Waals surface area contributed by atoms with Gasteiger partial charge in [-0.1, -0.05) is 17.3 Å². The highest BCUT2D eigenvalue weighted by Gasteiger charge is 2.30. The molecule has 12 heteroatoms. The lowest BCUT2D eigenvalue weighted by molar-refractivity contribution is -0.137. The van der Waals surface area contributed by atoms with Gasteiger partial charge in [-0.3, -0.25) is 4.79 Å². The third-order valence-corrected chi connectivity index (χ3v) is 5.69. The van der Waals surface area contributed by atoms with Crippen molar-refractivity contribution in [3.8, 4) is 22.8 Å². The Hall–Kier alpha value is -3.18. The van der Waals surface area contributed by atoms with Crippen LogP contribution in [0, 0.1) is 6.92 Å². The van der Waals surface area contributed by atoms with Gasteiger partial charge in [0.15, 0.2) is 0 Å². The minimum atomic E-state index is -4.42. The van der Waals surface area contributed by atoms with Crippen LogP contribution in [0.15, 0.2) is 39.6 Å². The molecule has 1 aliphatic heterocycles. The van der Waals surface area contributed by atoms with Gasteiger partial charge in [-0.2, -0.15) is 23.3 Å². The van der Waals surface area contributed by atoms with Gasteiger partial charge in [0.05, 0.1) is 17.0 Å². The maximum Gasteiger partial charge on any atom is 0.416 e. The van der Waals surface area contributed by atoms with E-state index in [9.17, 15) is 18.0 Å². The van der Waals surface area contributed by atoms with E-state index in [0.717, 1.165) is 43.8 Å². The number of aromatic amines is 1. The molecule has 0 atom stereocenters. The third-order valence-electron chi connectivity index (χ3n) is 5.69. The molecule has 4 heterocycles. The van der Waals surface area contributed by atoms with Crippen molar-refractivity contribution >= 4 is 18.1 Å². The van der Waals surface area contributed by atoms with E-state index < -0.39 is 11.7 Å². The number of rotatable bonds is 3. The highest BCUT2D eigenvalue weighted by molar-refractivity contribution is 5.85. The van der Waals surface area contributed by atoms with E-state index in [1.165, 1.54) is 12.1 Å². The molecule has 174 valence electrons. The molecular weight excluding hydrogens is 461 g/mol. The number of nitrogens with zero attached hydrogens (tertiary/aromatic N) is 4. The van der Waals surface area contributed by atoms with Crippen LogP contribution in [0.2, 0.25) is 0 Å². The van der Waals surface area contributed by atoms with Crippen LogP contribution in [0.25, 0.3) is 28.5 Å². The second-order valence-electron chi connectivity index (χ2n) is 7.80. The lowest BCUT2D eigenvalue weighted by Gasteiger charge is -2.23. The molecule has 3 aromatic heterocycles. The van der Waals surface area contributed by atoms with Crippen molar-refractivity contribution < 1.29 is 17.7 Å². The molecule has 0 radical (unpaired) electrons. The SMILES string of the molecule is Cc1nn2c(C3CCNCC3)cc(=O)[nH]c2c1-c1nc(-c2ccc(C(F)(F)F)cc2)no1.Cl. The number of nitrogens with one attached hydrogen (secondary N) is 2. The zero-order valence-electron chi connectivity index (χ0n) is 17.4. The Morgan fingerprint density at radius 2 is 1.85 bits per heavy atom. The molecule has 0 amide bonds. The van der Waals surface area contributed by atoms with E-state index in [4.69, 9.17) is 4.52 Å². The topological polar surface area (TPSA) is 101 Å². The minimum absolute atomic E-state index is 0. The Balaban J connectivity index is 0.00000259. The quantitative estimate of drug-likeness (QED) is 0.460. The fourth-order valence-electron chi connectivity index (χ4n) is 4.09. The van der Waals surface area contributed by atoms with Crippen LogP contribution in [0.4, 0.5) is 13.2 Å². The maximum atomic E-state index is 12.8. The average Bonchev–Trinajstić information content (AvgIpc) is 3.37. The van der Waals surface area contributed by atoms with Crippen LogP contribution in [-0.2, 0) is 6.18 Å². The summed E-state index contributed by atoms with van der Waals surface area (Å²) in [4.78, 5) is 19.6. The van der Waals surface area contributed by atoms with E-state index in [1.54, 1.807) is 17.5 Å². The molecule has 5 rings (SSSR count). The second kappa shape index (κ2) is 8.64. The summed E-state index contributed by atoms with van der Waals surface area (Å²) in [7, 11) is 0. The third kappa shape index (κ3) is 4.25. The number of fused-ring (bicyclic) bond motifs is 1. The fourth-order valence-corrected chi connectivity index (χ4v) is 4.09. The van der Waals surface area contributed by atoms with Crippen molar-refractivity contribution in [2.45, 2.75) is 31.9 Å². The summed E-state index contributed by atoms with van der Waals surface area (Å²) in [6.07, 6.45) is -2.63. The summed E-state index contributed by atoms with van der Waals surface area (Å²) in [6.45, 7) is 3.51. The number of hydrogen-bond donors (Lipinski definition) is 2. The first-order chi connectivity index (χ1) is 15.3. The molecule has 33 heavy (non-hydrogen) atoms. The first-order valence-electron chi connectivity index (χ1n) is 10.2. The van der Waals surface area contributed by atoms with Gasteiger partial charge < -0.3 is 14.8 Å². The van der Waals surface area contributed by atoms with Gasteiger partial charge in [0.2, 0.25) is 5.82 Å². The second-order valence-corrected chi connectivity index (χ2v) is 7.80. The van der Waals surface area contributed by atoms with Gasteiger partial charge in [0.25, 0.3) is 11.4 Å². The van der Waals surface area contributed by atoms with Gasteiger partial charge in [0.1, 0.15) is 11.2 Å². The number of halogens is 4. The summed E-state index contributed by atoms with van der Waals surface area (Å²) in [5.74, 6) is 0.466. The Labute approximate surface area is 191 Å². The van der Waals surface area contributed by atoms with E-state index in [2.05, 4.69) is 25.5 Å². The molecule has 0 bridgehead atoms. The van der Waals surface area contributed by atoms with Gasteiger partial charge in [-0.15, -0.1) is 12.4 Å². The van der Waals surface area contributed by atoms with Crippen LogP contribution in [0.1, 0.15) is 35.7 Å². The van der Waals surface area contributed by atoms with Crippen LogP contribution in [0.5, 0.6) is 0 Å². The van der Waals surface area contributed by atoms with Crippen molar-refractivity contribution in [1.29, 1.82) is 0 Å². The van der Waals surface area contributed by atoms with Gasteiger partial charge in [-0.25, -0.2) is 4.52 Å². The number of H-pyrrole nitrogens is 1. The molecule has 2 N–H and O–H groups in total. The van der Waals surface area contributed by atoms with Crippen LogP contribution < -0.4 is 10.9 Å². The number of alkyl halides is 3. The minimum Gasteiger partial charge on any atom is -0.333 e. The monoisotopic (exact) mass is 480 g/mol. The number of aromatic nitrogens is 5. The predicted molar refractivity (Wildman–Crippen MR) is 116 cm³/mol. The first-order valence-corrected chi connectivity index (χ1v) is 10.2. The van der Waals surface area contributed by atoms with Crippen molar-refractivity contribution in [3.05, 3.63) is 57.6 Å². The van der Waals surface area contributed by atoms with E-state index >= 15 is 0 Å². The smallest absolute Gasteiger partial charge is 0.333 e. The number of benzene rings is 1. The standard InChI is InChI=1S/C21H19F3N6O2.ClH/c1-11-17(19-26-16(31)10-15(30(19)28-11)12-6-8-25-9-7-12)20-27-18(29-32-20)13-2-4-14(5-3-13)21(22,23)24;/h2-5,10,12,25H,6-9H2,1H3,(H,26,31);1H. The summed E-state index contributed by atoms with van der Waals surface area (Å²) in [5, 5.41) is 11.8. The fraction of sp³-hybridized carbons (Fsp3) is 0.333. The molecule has 4 aromatic rings. The molecule has 0 spiro atoms. The Morgan fingerprint density at radius 1 is 1.15 bits per heavy atom. The normalized spacial score (nSPS) is 15.0. The lowest BCUT2D eigenvalue weighted by Crippen LogP contribution is -2.28. The zero-order chi connectivity index (χ0) is 22.5. The van der Waals surface area contributed by atoms with Gasteiger partial charge in [-0.05, 0) is 45.0 Å². The average molecular weight is 481 g/mol. The summed E-state index contributed by atoms with van der Waals surface area (Å²) in [6, 6.07) is 6.08. The number of aryl methyl sites for hydroxylation is 1. The van der Waals surface area contributed by atoms with Crippen molar-refractivity contribution in [2.24, 2.45) is 0 Å². The lowest BCUT2D eigenvalue weighted by atomic mass is 9.94. The highest BCUT2D eigenvalue weighted by Crippen LogP contribution is 2.33. The van der Waals surface area contributed by atoms with E-state index in [-0.39, 0.29) is 35.6 Å². The summed E-state index contributed by atoms with van der Waals surface area (Å²) >= 11 is 0. The molecule has 0 unspecified atom stereocenters. The Kier molecular flexibility index (Phi) is 6.02. The van der Waals surface area contributed by atoms with E-state index in [0.29, 0.717) is 22.5 Å². The molecule has 1 saturated heterocycles. The van der Waals surface area contributed by atoms with Crippen LogP contribution in [-0.4, -0.2) is 37.8 Å². The largest absolute Gasteiger partial charge is 0.416 e. The maximum absolute atomic E-state index is 12.8. The van der Waals surface area contributed by atoms with Gasteiger partial charge in [0, 0.05) is 17.5 Å². The molecule has 8 nitrogen and oxygen atoms in total. The van der Waals surface area contributed by atoms with Gasteiger partial charge >= 0.3 is 6.18 Å². The number of piperidine rings is 1. The molecule has 1 aromatic carbocycles. The molecule has 0 aliphatic carbocycles.